The van der Waals surface area contributed by atoms with Crippen LogP contribution in [0.15, 0.2) is 25.0 Å². The minimum Gasteiger partial charge on any atom is -0.465 e. The van der Waals surface area contributed by atoms with Gasteiger partial charge in [-0.25, -0.2) is 4.79 Å². The highest BCUT2D eigenvalue weighted by Crippen LogP contribution is 2.23. The average molecular weight is 244 g/mol. The smallest absolute Gasteiger partial charge is 0.341 e. The molecule has 0 aromatic carbocycles. The largest absolute Gasteiger partial charge is 0.465 e. The van der Waals surface area contributed by atoms with E-state index in [0.717, 1.165) is 0 Å². The molecule has 0 radical (unpaired) electrons. The predicted molar refractivity (Wildman–Crippen MR) is 62.0 cm³/mol. The van der Waals surface area contributed by atoms with Crippen molar-refractivity contribution in [3.8, 4) is 12.1 Å². The summed E-state index contributed by atoms with van der Waals surface area (Å²) in [6, 6.07) is 3.92. The van der Waals surface area contributed by atoms with Crippen LogP contribution in [0.2, 0.25) is 0 Å². The molecule has 0 bridgehead atoms. The first-order valence-corrected chi connectivity index (χ1v) is 5.15. The van der Waals surface area contributed by atoms with Gasteiger partial charge in [0.05, 0.1) is 37.6 Å². The maximum Gasteiger partial charge on any atom is 0.341 e. The third kappa shape index (κ3) is 2.74. The number of methoxy groups -OCH3 is 1. The van der Waals surface area contributed by atoms with Crippen molar-refractivity contribution in [2.75, 3.05) is 7.11 Å². The van der Waals surface area contributed by atoms with Gasteiger partial charge >= 0.3 is 5.97 Å². The summed E-state index contributed by atoms with van der Waals surface area (Å²) in [5.41, 5.74) is -0.942. The van der Waals surface area contributed by atoms with Crippen LogP contribution in [-0.4, -0.2) is 22.9 Å². The van der Waals surface area contributed by atoms with Gasteiger partial charge in [-0.3, -0.25) is 4.68 Å². The number of hydrogen-bond acceptors (Lipinski definition) is 5. The van der Waals surface area contributed by atoms with E-state index >= 15 is 0 Å². The van der Waals surface area contributed by atoms with Crippen LogP contribution in [0, 0.1) is 28.1 Å². The summed E-state index contributed by atoms with van der Waals surface area (Å²) < 4.78 is 5.92. The normalized spacial score (nSPS) is 10.2. The summed E-state index contributed by atoms with van der Waals surface area (Å²) in [6.07, 6.45) is 4.52. The second-order valence-corrected chi connectivity index (χ2v) is 3.72. The van der Waals surface area contributed by atoms with Gasteiger partial charge in [0, 0.05) is 6.20 Å². The van der Waals surface area contributed by atoms with Crippen molar-refractivity contribution in [3.05, 3.63) is 30.6 Å². The number of nitriles is 2. The Morgan fingerprint density at radius 1 is 1.67 bits per heavy atom. The fourth-order valence-corrected chi connectivity index (χ4v) is 1.45. The molecule has 0 aliphatic heterocycles. The lowest BCUT2D eigenvalue weighted by Crippen LogP contribution is -2.23. The number of ether oxygens (including phenoxy) is 1. The highest BCUT2D eigenvalue weighted by Gasteiger charge is 2.30. The quantitative estimate of drug-likeness (QED) is 0.574. The first-order chi connectivity index (χ1) is 8.60. The number of aromatic nitrogens is 2. The van der Waals surface area contributed by atoms with E-state index in [2.05, 4.69) is 16.4 Å². The Labute approximate surface area is 105 Å². The zero-order valence-electron chi connectivity index (χ0n) is 9.96. The molecule has 1 aromatic heterocycles. The van der Waals surface area contributed by atoms with E-state index in [1.807, 2.05) is 12.1 Å². The van der Waals surface area contributed by atoms with Gasteiger partial charge in [-0.1, -0.05) is 6.08 Å². The van der Waals surface area contributed by atoms with E-state index in [-0.39, 0.29) is 18.5 Å². The molecule has 1 rings (SSSR count). The molecule has 0 atom stereocenters. The number of rotatable bonds is 5. The minimum absolute atomic E-state index is 0.0724. The minimum atomic E-state index is -1.22. The zero-order chi connectivity index (χ0) is 13.6. The highest BCUT2D eigenvalue weighted by molar-refractivity contribution is 5.88. The molecule has 0 unspecified atom stereocenters. The SMILES string of the molecule is C=CCC(C#N)(C#N)Cn1cc(C(=O)OC)cn1. The topological polar surface area (TPSA) is 91.7 Å². The Morgan fingerprint density at radius 3 is 2.83 bits per heavy atom. The van der Waals surface area contributed by atoms with E-state index in [0.29, 0.717) is 0 Å². The lowest BCUT2D eigenvalue weighted by atomic mass is 9.88. The molecule has 0 aliphatic rings. The average Bonchev–Trinajstić information content (AvgIpc) is 2.85. The molecule has 1 aromatic rings. The van der Waals surface area contributed by atoms with Crippen LogP contribution in [-0.2, 0) is 11.3 Å². The fourth-order valence-electron chi connectivity index (χ4n) is 1.45. The molecule has 0 saturated carbocycles. The van der Waals surface area contributed by atoms with Gasteiger partial charge in [-0.15, -0.1) is 6.58 Å². The van der Waals surface area contributed by atoms with E-state index in [4.69, 9.17) is 10.5 Å². The van der Waals surface area contributed by atoms with Crippen LogP contribution in [0.1, 0.15) is 16.8 Å². The van der Waals surface area contributed by atoms with Gasteiger partial charge in [-0.2, -0.15) is 15.6 Å². The number of hydrogen-bond donors (Lipinski definition) is 0. The van der Waals surface area contributed by atoms with Crippen LogP contribution in [0.25, 0.3) is 0 Å². The molecule has 0 aliphatic carbocycles. The van der Waals surface area contributed by atoms with Gasteiger partial charge < -0.3 is 4.74 Å². The Bertz CT molecular complexity index is 519. The van der Waals surface area contributed by atoms with Crippen LogP contribution in [0.5, 0.6) is 0 Å². The Balaban J connectivity index is 2.93. The molecular weight excluding hydrogens is 232 g/mol. The van der Waals surface area contributed by atoms with E-state index < -0.39 is 11.4 Å². The molecule has 92 valence electrons. The van der Waals surface area contributed by atoms with E-state index in [9.17, 15) is 4.79 Å². The van der Waals surface area contributed by atoms with Gasteiger partial charge in [0.25, 0.3) is 0 Å². The lowest BCUT2D eigenvalue weighted by molar-refractivity contribution is 0.0600. The second kappa shape index (κ2) is 5.65. The van der Waals surface area contributed by atoms with E-state index in [1.165, 1.54) is 30.3 Å². The summed E-state index contributed by atoms with van der Waals surface area (Å²) >= 11 is 0. The second-order valence-electron chi connectivity index (χ2n) is 3.72. The standard InChI is InChI=1S/C12H12N4O2/c1-3-4-12(7-13,8-14)9-16-6-10(5-15-16)11(17)18-2/h3,5-6H,1,4,9H2,2H3. The molecular formula is C12H12N4O2. The molecule has 0 N–H and O–H groups in total. The Morgan fingerprint density at radius 2 is 2.33 bits per heavy atom. The predicted octanol–water partition coefficient (Wildman–Crippen LogP) is 1.28. The van der Waals surface area contributed by atoms with Gasteiger partial charge in [0.15, 0.2) is 5.41 Å². The number of carbonyl (C=O) groups excluding carboxylic acids is 1. The van der Waals surface area contributed by atoms with Crippen molar-refractivity contribution in [2.24, 2.45) is 5.41 Å². The molecule has 0 saturated heterocycles. The molecule has 6 heteroatoms. The Kier molecular flexibility index (Phi) is 4.22. The van der Waals surface area contributed by atoms with Crippen molar-refractivity contribution in [1.82, 2.24) is 9.78 Å². The Hall–Kier alpha value is -2.60. The number of carbonyl (C=O) groups is 1. The van der Waals surface area contributed by atoms with Crippen molar-refractivity contribution in [3.63, 3.8) is 0 Å². The van der Waals surface area contributed by atoms with Crippen LogP contribution in [0.4, 0.5) is 0 Å². The molecule has 6 nitrogen and oxygen atoms in total. The zero-order valence-corrected chi connectivity index (χ0v) is 9.96. The van der Waals surface area contributed by atoms with Crippen molar-refractivity contribution >= 4 is 5.97 Å². The van der Waals surface area contributed by atoms with Crippen molar-refractivity contribution < 1.29 is 9.53 Å². The highest BCUT2D eigenvalue weighted by atomic mass is 16.5. The van der Waals surface area contributed by atoms with Crippen molar-refractivity contribution in [1.29, 1.82) is 10.5 Å². The maximum atomic E-state index is 11.2. The van der Waals surface area contributed by atoms with Crippen LogP contribution in [0.3, 0.4) is 0 Å². The monoisotopic (exact) mass is 244 g/mol. The summed E-state index contributed by atoms with van der Waals surface area (Å²) in [5, 5.41) is 22.1. The van der Waals surface area contributed by atoms with Crippen LogP contribution >= 0.6 is 0 Å². The fraction of sp³-hybridized carbons (Fsp3) is 0.333. The number of esters is 1. The molecule has 18 heavy (non-hydrogen) atoms. The summed E-state index contributed by atoms with van der Waals surface area (Å²) in [7, 11) is 1.27. The van der Waals surface area contributed by atoms with E-state index in [1.54, 1.807) is 0 Å². The number of allylic oxidation sites excluding steroid dienone is 1. The summed E-state index contributed by atoms with van der Waals surface area (Å²) in [6.45, 7) is 3.60. The molecule has 0 spiro atoms. The first kappa shape index (κ1) is 13.5. The third-order valence-electron chi connectivity index (χ3n) is 2.41. The number of nitrogens with zero attached hydrogens (tertiary/aromatic N) is 4. The van der Waals surface area contributed by atoms with Gasteiger partial charge in [0.1, 0.15) is 0 Å². The summed E-state index contributed by atoms with van der Waals surface area (Å²) in [4.78, 5) is 11.2. The summed E-state index contributed by atoms with van der Waals surface area (Å²) in [5.74, 6) is -0.510. The maximum absolute atomic E-state index is 11.2. The molecule has 0 fully saturated rings. The van der Waals surface area contributed by atoms with Crippen LogP contribution < -0.4 is 0 Å². The van der Waals surface area contributed by atoms with Gasteiger partial charge in [-0.05, 0) is 6.42 Å². The third-order valence-corrected chi connectivity index (χ3v) is 2.41. The van der Waals surface area contributed by atoms with Gasteiger partial charge in [0.2, 0.25) is 0 Å². The first-order valence-electron chi connectivity index (χ1n) is 5.15. The van der Waals surface area contributed by atoms with Crippen molar-refractivity contribution in [2.45, 2.75) is 13.0 Å². The molecule has 1 heterocycles. The molecule has 0 amide bonds. The lowest BCUT2D eigenvalue weighted by Gasteiger charge is -2.15.